The summed E-state index contributed by atoms with van der Waals surface area (Å²) >= 11 is 13.8. The molecule has 4 heteroatoms. The first kappa shape index (κ1) is 11.2. The number of rotatable bonds is 2. The summed E-state index contributed by atoms with van der Waals surface area (Å²) in [6.07, 6.45) is 0. The van der Waals surface area contributed by atoms with Gasteiger partial charge in [0.2, 0.25) is 0 Å². The highest BCUT2D eigenvalue weighted by Gasteiger charge is 2.07. The maximum atomic E-state index is 3.48. The summed E-state index contributed by atoms with van der Waals surface area (Å²) in [5.74, 6) is 0. The summed E-state index contributed by atoms with van der Waals surface area (Å²) in [6, 6.07) is 6.24. The summed E-state index contributed by atoms with van der Waals surface area (Å²) in [4.78, 5) is 0. The predicted octanol–water partition coefficient (Wildman–Crippen LogP) is 5.13. The van der Waals surface area contributed by atoms with Crippen molar-refractivity contribution in [2.75, 3.05) is 0 Å². The molecule has 0 atom stereocenters. The van der Waals surface area contributed by atoms with Crippen molar-refractivity contribution in [2.45, 2.75) is 9.07 Å². The van der Waals surface area contributed by atoms with Crippen LogP contribution >= 0.6 is 63.7 Å². The largest absolute Gasteiger partial charge is 0.0949 e. The third kappa shape index (κ3) is 2.82. The Balaban J connectivity index is 3.11. The van der Waals surface area contributed by atoms with Gasteiger partial charge in [-0.3, -0.25) is 0 Å². The average molecular weight is 422 g/mol. The highest BCUT2D eigenvalue weighted by Crippen LogP contribution is 2.33. The van der Waals surface area contributed by atoms with E-state index in [-0.39, 0.29) is 3.74 Å². The fourth-order valence-corrected chi connectivity index (χ4v) is 2.69. The Bertz CT molecular complexity index is 270. The van der Waals surface area contributed by atoms with E-state index in [2.05, 4.69) is 75.9 Å². The summed E-state index contributed by atoms with van der Waals surface area (Å²) in [7, 11) is 0. The number of alkyl halides is 3. The maximum absolute atomic E-state index is 3.48. The van der Waals surface area contributed by atoms with Gasteiger partial charge in [0.05, 0.1) is 3.74 Å². The van der Waals surface area contributed by atoms with Gasteiger partial charge >= 0.3 is 0 Å². The molecule has 0 nitrogen and oxygen atoms in total. The zero-order valence-electron chi connectivity index (χ0n) is 6.03. The van der Waals surface area contributed by atoms with Gasteiger partial charge in [-0.25, -0.2) is 0 Å². The summed E-state index contributed by atoms with van der Waals surface area (Å²) in [5, 5.41) is 0.871. The van der Waals surface area contributed by atoms with Crippen molar-refractivity contribution >= 4 is 63.7 Å². The van der Waals surface area contributed by atoms with Gasteiger partial charge in [0.1, 0.15) is 0 Å². The first-order valence-electron chi connectivity index (χ1n) is 3.27. The highest BCUT2D eigenvalue weighted by atomic mass is 79.9. The Morgan fingerprint density at radius 1 is 1.25 bits per heavy atom. The molecule has 0 N–H and O–H groups in total. The van der Waals surface area contributed by atoms with E-state index >= 15 is 0 Å². The van der Waals surface area contributed by atoms with Crippen LogP contribution in [0.1, 0.15) is 14.9 Å². The lowest BCUT2D eigenvalue weighted by Crippen LogP contribution is -1.89. The number of hydrogen-bond acceptors (Lipinski definition) is 0. The second kappa shape index (κ2) is 5.13. The molecule has 0 unspecified atom stereocenters. The van der Waals surface area contributed by atoms with Crippen molar-refractivity contribution in [3.63, 3.8) is 0 Å². The van der Waals surface area contributed by atoms with E-state index in [0.717, 1.165) is 9.80 Å². The van der Waals surface area contributed by atoms with Gasteiger partial charge in [0, 0.05) is 9.80 Å². The standard InChI is InChI=1S/C8H6Br4/c9-4-5-3-6(10)1-2-7(5)8(11)12/h1-3,8H,4H2. The molecule has 0 aliphatic heterocycles. The molecule has 0 bridgehead atoms. The van der Waals surface area contributed by atoms with E-state index in [9.17, 15) is 0 Å². The molecule has 1 rings (SSSR count). The molecule has 0 aliphatic rings. The number of halogens is 4. The molecular formula is C8H6Br4. The van der Waals surface area contributed by atoms with Crippen molar-refractivity contribution in [1.29, 1.82) is 0 Å². The van der Waals surface area contributed by atoms with Gasteiger partial charge in [-0.05, 0) is 23.3 Å². The van der Waals surface area contributed by atoms with Crippen molar-refractivity contribution < 1.29 is 0 Å². The van der Waals surface area contributed by atoms with Crippen LogP contribution in [0.15, 0.2) is 22.7 Å². The average Bonchev–Trinajstić information content (AvgIpc) is 2.03. The van der Waals surface area contributed by atoms with Crippen LogP contribution in [0.2, 0.25) is 0 Å². The zero-order valence-corrected chi connectivity index (χ0v) is 12.4. The third-order valence-electron chi connectivity index (χ3n) is 1.48. The van der Waals surface area contributed by atoms with Crippen LogP contribution in [-0.2, 0) is 5.33 Å². The fourth-order valence-electron chi connectivity index (χ4n) is 0.903. The zero-order chi connectivity index (χ0) is 9.14. The van der Waals surface area contributed by atoms with Gasteiger partial charge in [-0.15, -0.1) is 0 Å². The summed E-state index contributed by atoms with van der Waals surface area (Å²) in [6.45, 7) is 0. The molecule has 0 fully saturated rings. The fraction of sp³-hybridized carbons (Fsp3) is 0.250. The smallest absolute Gasteiger partial charge is 0.0876 e. The Morgan fingerprint density at radius 3 is 2.42 bits per heavy atom. The number of benzene rings is 1. The van der Waals surface area contributed by atoms with Gasteiger partial charge < -0.3 is 0 Å². The molecule has 0 saturated carbocycles. The van der Waals surface area contributed by atoms with Gasteiger partial charge in [-0.1, -0.05) is 69.8 Å². The van der Waals surface area contributed by atoms with Crippen molar-refractivity contribution in [3.05, 3.63) is 33.8 Å². The molecule has 66 valence electrons. The quantitative estimate of drug-likeness (QED) is 0.581. The first-order chi connectivity index (χ1) is 5.65. The Kier molecular flexibility index (Phi) is 4.79. The van der Waals surface area contributed by atoms with Crippen LogP contribution in [-0.4, -0.2) is 0 Å². The Labute approximate surface area is 106 Å². The lowest BCUT2D eigenvalue weighted by molar-refractivity contribution is 1.29. The molecule has 12 heavy (non-hydrogen) atoms. The molecule has 0 spiro atoms. The molecular weight excluding hydrogens is 416 g/mol. The normalized spacial score (nSPS) is 10.8. The van der Waals surface area contributed by atoms with Crippen LogP contribution in [0.4, 0.5) is 0 Å². The minimum absolute atomic E-state index is 0.227. The van der Waals surface area contributed by atoms with E-state index in [1.54, 1.807) is 0 Å². The molecule has 0 heterocycles. The predicted molar refractivity (Wildman–Crippen MR) is 67.4 cm³/mol. The van der Waals surface area contributed by atoms with Crippen molar-refractivity contribution in [1.82, 2.24) is 0 Å². The molecule has 0 aliphatic carbocycles. The van der Waals surface area contributed by atoms with Gasteiger partial charge in [0.25, 0.3) is 0 Å². The van der Waals surface area contributed by atoms with E-state index in [1.807, 2.05) is 6.07 Å². The summed E-state index contributed by atoms with van der Waals surface area (Å²) < 4.78 is 1.34. The topological polar surface area (TPSA) is 0 Å². The Morgan fingerprint density at radius 2 is 1.92 bits per heavy atom. The van der Waals surface area contributed by atoms with Crippen molar-refractivity contribution in [3.8, 4) is 0 Å². The maximum Gasteiger partial charge on any atom is 0.0949 e. The van der Waals surface area contributed by atoms with Crippen LogP contribution < -0.4 is 0 Å². The minimum atomic E-state index is 0.227. The van der Waals surface area contributed by atoms with E-state index in [1.165, 1.54) is 11.1 Å². The van der Waals surface area contributed by atoms with Crippen molar-refractivity contribution in [2.24, 2.45) is 0 Å². The van der Waals surface area contributed by atoms with Crippen LogP contribution in [0.3, 0.4) is 0 Å². The second-order valence-electron chi connectivity index (χ2n) is 2.28. The van der Waals surface area contributed by atoms with E-state index < -0.39 is 0 Å². The van der Waals surface area contributed by atoms with Gasteiger partial charge in [0.15, 0.2) is 0 Å². The lowest BCUT2D eigenvalue weighted by atomic mass is 10.1. The van der Waals surface area contributed by atoms with Crippen LogP contribution in [0, 0.1) is 0 Å². The SMILES string of the molecule is BrCc1cc(Br)ccc1C(Br)Br. The van der Waals surface area contributed by atoms with Crippen LogP contribution in [0.25, 0.3) is 0 Å². The number of hydrogen-bond donors (Lipinski definition) is 0. The van der Waals surface area contributed by atoms with E-state index in [0.29, 0.717) is 0 Å². The Hall–Kier alpha value is 1.14. The minimum Gasteiger partial charge on any atom is -0.0876 e. The molecule has 0 radical (unpaired) electrons. The lowest BCUT2D eigenvalue weighted by Gasteiger charge is -2.08. The molecule has 0 saturated heterocycles. The second-order valence-corrected chi connectivity index (χ2v) is 6.81. The third-order valence-corrected chi connectivity index (χ3v) is 3.57. The van der Waals surface area contributed by atoms with E-state index in [4.69, 9.17) is 0 Å². The molecule has 1 aromatic rings. The molecule has 0 amide bonds. The molecule has 0 aromatic heterocycles. The summed E-state index contributed by atoms with van der Waals surface area (Å²) in [5.41, 5.74) is 2.54. The monoisotopic (exact) mass is 418 g/mol. The highest BCUT2D eigenvalue weighted by molar-refractivity contribution is 9.24. The molecule has 1 aromatic carbocycles. The first-order valence-corrected chi connectivity index (χ1v) is 7.02. The van der Waals surface area contributed by atoms with Gasteiger partial charge in [-0.2, -0.15) is 0 Å². The van der Waals surface area contributed by atoms with Crippen LogP contribution in [0.5, 0.6) is 0 Å².